The van der Waals surface area contributed by atoms with Gasteiger partial charge in [0.1, 0.15) is 6.61 Å². The second kappa shape index (κ2) is 4.99. The molecule has 0 aromatic heterocycles. The second-order valence-electron chi connectivity index (χ2n) is 1.48. The van der Waals surface area contributed by atoms with Crippen LogP contribution in [0, 0.1) is 0 Å². The van der Waals surface area contributed by atoms with Crippen LogP contribution in [0.25, 0.3) is 0 Å². The molecule has 0 saturated heterocycles. The number of hydrogen-bond donors (Lipinski definition) is 1. The van der Waals surface area contributed by atoms with Crippen LogP contribution in [-0.2, 0) is 9.47 Å². The minimum Gasteiger partial charge on any atom is -0.432 e. The quantitative estimate of drug-likeness (QED) is 0.596. The smallest absolute Gasteiger partial charge is 0.432 e. The normalized spacial score (nSPS) is 12.3. The molecule has 0 aliphatic heterocycles. The zero-order valence-corrected chi connectivity index (χ0v) is 5.54. The summed E-state index contributed by atoms with van der Waals surface area (Å²) >= 11 is 0. The third kappa shape index (κ3) is 5.30. The van der Waals surface area contributed by atoms with Gasteiger partial charge >= 0.3 is 6.16 Å². The van der Waals surface area contributed by atoms with E-state index in [0.29, 0.717) is 0 Å². The van der Waals surface area contributed by atoms with Crippen molar-refractivity contribution < 1.29 is 23.8 Å². The summed E-state index contributed by atoms with van der Waals surface area (Å²) in [5.41, 5.74) is 0. The third-order valence-electron chi connectivity index (χ3n) is 0.570. The summed E-state index contributed by atoms with van der Waals surface area (Å²) in [5.74, 6) is 0. The molecule has 0 heterocycles. The molecule has 0 amide bonds. The van der Waals surface area contributed by atoms with Gasteiger partial charge in [0.2, 0.25) is 6.36 Å². The molecular weight excluding hydrogens is 143 g/mol. The van der Waals surface area contributed by atoms with Crippen LogP contribution in [0.3, 0.4) is 0 Å². The SMILES string of the molecule is CC(F)OC(=O)OCCO. The first-order chi connectivity index (χ1) is 4.66. The predicted molar refractivity (Wildman–Crippen MR) is 30.1 cm³/mol. The number of halogens is 1. The Morgan fingerprint density at radius 2 is 2.40 bits per heavy atom. The number of ether oxygens (including phenoxy) is 2. The number of hydrogen-bond acceptors (Lipinski definition) is 4. The van der Waals surface area contributed by atoms with E-state index in [4.69, 9.17) is 5.11 Å². The van der Waals surface area contributed by atoms with Crippen molar-refractivity contribution in [2.75, 3.05) is 13.2 Å². The Hall–Kier alpha value is -0.840. The van der Waals surface area contributed by atoms with Gasteiger partial charge in [0, 0.05) is 6.92 Å². The van der Waals surface area contributed by atoms with Crippen LogP contribution in [-0.4, -0.2) is 30.8 Å². The fourth-order valence-corrected chi connectivity index (χ4v) is 0.296. The van der Waals surface area contributed by atoms with Crippen LogP contribution >= 0.6 is 0 Å². The topological polar surface area (TPSA) is 55.8 Å². The molecule has 10 heavy (non-hydrogen) atoms. The van der Waals surface area contributed by atoms with Gasteiger partial charge < -0.3 is 14.6 Å². The number of aliphatic hydroxyl groups is 1. The van der Waals surface area contributed by atoms with Crippen molar-refractivity contribution in [3.63, 3.8) is 0 Å². The van der Waals surface area contributed by atoms with Gasteiger partial charge in [0.05, 0.1) is 6.61 Å². The van der Waals surface area contributed by atoms with Crippen LogP contribution in [0.5, 0.6) is 0 Å². The van der Waals surface area contributed by atoms with E-state index in [1.165, 1.54) is 0 Å². The van der Waals surface area contributed by atoms with Crippen LogP contribution in [0.15, 0.2) is 0 Å². The number of carbonyl (C=O) groups is 1. The first-order valence-electron chi connectivity index (χ1n) is 2.75. The monoisotopic (exact) mass is 152 g/mol. The van der Waals surface area contributed by atoms with E-state index < -0.39 is 12.5 Å². The average molecular weight is 152 g/mol. The minimum atomic E-state index is -1.67. The van der Waals surface area contributed by atoms with Crippen molar-refractivity contribution in [3.05, 3.63) is 0 Å². The molecule has 0 saturated carbocycles. The van der Waals surface area contributed by atoms with Gasteiger partial charge in [-0.1, -0.05) is 0 Å². The van der Waals surface area contributed by atoms with E-state index in [9.17, 15) is 9.18 Å². The van der Waals surface area contributed by atoms with Crippen LogP contribution in [0.1, 0.15) is 6.92 Å². The molecule has 0 aliphatic rings. The highest BCUT2D eigenvalue weighted by atomic mass is 19.1. The molecule has 0 radical (unpaired) electrons. The van der Waals surface area contributed by atoms with Gasteiger partial charge in [-0.25, -0.2) is 9.18 Å². The van der Waals surface area contributed by atoms with E-state index in [-0.39, 0.29) is 13.2 Å². The van der Waals surface area contributed by atoms with Crippen molar-refractivity contribution in [1.29, 1.82) is 0 Å². The number of carbonyl (C=O) groups excluding carboxylic acids is 1. The van der Waals surface area contributed by atoms with Gasteiger partial charge in [-0.05, 0) is 0 Å². The standard InChI is InChI=1S/C5H9FO4/c1-4(6)10-5(8)9-3-2-7/h4,7H,2-3H2,1H3. The van der Waals surface area contributed by atoms with Crippen molar-refractivity contribution in [3.8, 4) is 0 Å². The maximum Gasteiger partial charge on any atom is 0.510 e. The molecule has 0 aromatic carbocycles. The lowest BCUT2D eigenvalue weighted by Gasteiger charge is -2.04. The molecule has 0 fully saturated rings. The molecule has 0 aliphatic carbocycles. The van der Waals surface area contributed by atoms with Crippen molar-refractivity contribution in [1.82, 2.24) is 0 Å². The highest BCUT2D eigenvalue weighted by Crippen LogP contribution is 1.93. The summed E-state index contributed by atoms with van der Waals surface area (Å²) in [5, 5.41) is 8.12. The fraction of sp³-hybridized carbons (Fsp3) is 0.800. The molecule has 0 spiro atoms. The largest absolute Gasteiger partial charge is 0.510 e. The summed E-state index contributed by atoms with van der Waals surface area (Å²) in [4.78, 5) is 10.2. The second-order valence-corrected chi connectivity index (χ2v) is 1.48. The van der Waals surface area contributed by atoms with E-state index in [1.807, 2.05) is 0 Å². The zero-order valence-electron chi connectivity index (χ0n) is 5.54. The Kier molecular flexibility index (Phi) is 4.57. The van der Waals surface area contributed by atoms with Gasteiger partial charge in [-0.2, -0.15) is 0 Å². The Morgan fingerprint density at radius 1 is 1.80 bits per heavy atom. The van der Waals surface area contributed by atoms with E-state index in [2.05, 4.69) is 9.47 Å². The molecule has 4 nitrogen and oxygen atoms in total. The van der Waals surface area contributed by atoms with E-state index in [0.717, 1.165) is 6.92 Å². The molecule has 0 rings (SSSR count). The van der Waals surface area contributed by atoms with Crippen LogP contribution < -0.4 is 0 Å². The first kappa shape index (κ1) is 9.16. The summed E-state index contributed by atoms with van der Waals surface area (Å²) in [6, 6.07) is 0. The first-order valence-corrected chi connectivity index (χ1v) is 2.75. The van der Waals surface area contributed by atoms with Crippen molar-refractivity contribution >= 4 is 6.16 Å². The maximum absolute atomic E-state index is 11.8. The predicted octanol–water partition coefficient (Wildman–Crippen LogP) is 0.447. The Bertz CT molecular complexity index is 104. The van der Waals surface area contributed by atoms with E-state index in [1.54, 1.807) is 0 Å². The molecule has 1 N–H and O–H groups in total. The van der Waals surface area contributed by atoms with Gasteiger partial charge in [0.25, 0.3) is 0 Å². The highest BCUT2D eigenvalue weighted by molar-refractivity contribution is 5.59. The number of aliphatic hydroxyl groups excluding tert-OH is 1. The summed E-state index contributed by atoms with van der Waals surface area (Å²) in [6.07, 6.45) is -2.78. The number of alkyl halides is 1. The van der Waals surface area contributed by atoms with Gasteiger partial charge in [0.15, 0.2) is 0 Å². The molecule has 5 heteroatoms. The van der Waals surface area contributed by atoms with Crippen molar-refractivity contribution in [2.45, 2.75) is 13.3 Å². The lowest BCUT2D eigenvalue weighted by molar-refractivity contribution is -0.0253. The summed E-state index contributed by atoms with van der Waals surface area (Å²) < 4.78 is 19.9. The molecule has 0 bridgehead atoms. The lowest BCUT2D eigenvalue weighted by Crippen LogP contribution is -2.13. The molecular formula is C5H9FO4. The summed E-state index contributed by atoms with van der Waals surface area (Å²) in [6.45, 7) is 0.585. The third-order valence-corrected chi connectivity index (χ3v) is 0.570. The zero-order chi connectivity index (χ0) is 7.98. The van der Waals surface area contributed by atoms with Crippen LogP contribution in [0.4, 0.5) is 9.18 Å². The molecule has 1 unspecified atom stereocenters. The molecule has 60 valence electrons. The Balaban J connectivity index is 3.26. The Morgan fingerprint density at radius 3 is 2.80 bits per heavy atom. The number of rotatable bonds is 3. The molecule has 1 atom stereocenters. The van der Waals surface area contributed by atoms with Crippen LogP contribution in [0.2, 0.25) is 0 Å². The highest BCUT2D eigenvalue weighted by Gasteiger charge is 2.06. The summed E-state index contributed by atoms with van der Waals surface area (Å²) in [7, 11) is 0. The maximum atomic E-state index is 11.8. The fourth-order valence-electron chi connectivity index (χ4n) is 0.296. The van der Waals surface area contributed by atoms with E-state index >= 15 is 0 Å². The van der Waals surface area contributed by atoms with Gasteiger partial charge in [-0.15, -0.1) is 0 Å². The van der Waals surface area contributed by atoms with Crippen molar-refractivity contribution in [2.24, 2.45) is 0 Å². The molecule has 0 aromatic rings. The average Bonchev–Trinajstić information content (AvgIpc) is 1.82. The minimum absolute atomic E-state index is 0.175. The lowest BCUT2D eigenvalue weighted by atomic mass is 10.8. The Labute approximate surface area is 57.5 Å². The van der Waals surface area contributed by atoms with Gasteiger partial charge in [-0.3, -0.25) is 0 Å².